The average molecular weight is 515 g/mol. The Morgan fingerprint density at radius 2 is 1.14 bits per heavy atom. The summed E-state index contributed by atoms with van der Waals surface area (Å²) in [4.78, 5) is 25.0. The maximum absolute atomic E-state index is 11.4. The topological polar surface area (TPSA) is 71.1 Å². The van der Waals surface area contributed by atoms with Crippen LogP contribution in [-0.4, -0.2) is 38.4 Å². The van der Waals surface area contributed by atoms with Crippen molar-refractivity contribution >= 4 is 45.2 Å². The number of carbonyl (C=O) groups excluding carboxylic acids is 2. The fourth-order valence-corrected chi connectivity index (χ4v) is 4.65. The number of hydrogen-bond acceptors (Lipinski definition) is 7. The van der Waals surface area contributed by atoms with Crippen LogP contribution in [0.15, 0.2) is 108 Å². The van der Waals surface area contributed by atoms with Crippen LogP contribution in [0.5, 0.6) is 11.5 Å². The summed E-state index contributed by atoms with van der Waals surface area (Å²) in [6, 6.07) is 24.0. The fourth-order valence-electron chi connectivity index (χ4n) is 3.77. The molecule has 4 aromatic carbocycles. The lowest BCUT2D eigenvalue weighted by atomic mass is 10.0. The number of hydrogen-bond donors (Lipinski definition) is 0. The van der Waals surface area contributed by atoms with Gasteiger partial charge in [0.15, 0.2) is 0 Å². The third-order valence-corrected chi connectivity index (χ3v) is 6.35. The van der Waals surface area contributed by atoms with Crippen molar-refractivity contribution in [2.75, 3.05) is 26.4 Å². The van der Waals surface area contributed by atoms with E-state index in [1.54, 1.807) is 11.8 Å². The summed E-state index contributed by atoms with van der Waals surface area (Å²) < 4.78 is 22.5. The normalized spacial score (nSPS) is 10.6. The van der Waals surface area contributed by atoms with E-state index in [4.69, 9.17) is 18.9 Å². The first-order chi connectivity index (χ1) is 18.1. The largest absolute Gasteiger partial charge is 0.489 e. The van der Waals surface area contributed by atoms with Crippen molar-refractivity contribution in [3.05, 3.63) is 98.1 Å². The van der Waals surface area contributed by atoms with Crippen LogP contribution in [0.1, 0.15) is 0 Å². The Balaban J connectivity index is 1.74. The van der Waals surface area contributed by atoms with Gasteiger partial charge in [0.2, 0.25) is 0 Å². The predicted octanol–water partition coefficient (Wildman–Crippen LogP) is 6.36. The van der Waals surface area contributed by atoms with E-state index >= 15 is 0 Å². The van der Waals surface area contributed by atoms with E-state index in [0.717, 1.165) is 43.5 Å². The molecule has 0 unspecified atom stereocenters. The van der Waals surface area contributed by atoms with Crippen LogP contribution < -0.4 is 9.47 Å². The molecule has 0 aliphatic heterocycles. The average Bonchev–Trinajstić information content (AvgIpc) is 2.94. The van der Waals surface area contributed by atoms with E-state index in [1.165, 1.54) is 0 Å². The third-order valence-electron chi connectivity index (χ3n) is 5.36. The van der Waals surface area contributed by atoms with Crippen LogP contribution in [0.2, 0.25) is 0 Å². The van der Waals surface area contributed by atoms with E-state index in [0.29, 0.717) is 11.5 Å². The van der Waals surface area contributed by atoms with Crippen molar-refractivity contribution in [1.82, 2.24) is 0 Å². The van der Waals surface area contributed by atoms with Crippen LogP contribution in [0.25, 0.3) is 21.5 Å². The molecule has 4 aromatic rings. The molecule has 0 aliphatic rings. The molecule has 0 saturated heterocycles. The van der Waals surface area contributed by atoms with Crippen molar-refractivity contribution < 1.29 is 28.5 Å². The van der Waals surface area contributed by atoms with E-state index in [-0.39, 0.29) is 26.4 Å². The zero-order valence-electron chi connectivity index (χ0n) is 20.2. The van der Waals surface area contributed by atoms with Crippen LogP contribution in [0.3, 0.4) is 0 Å². The summed E-state index contributed by atoms with van der Waals surface area (Å²) in [5, 5.41) is 3.41. The number of ether oxygens (including phenoxy) is 4. The van der Waals surface area contributed by atoms with Crippen LogP contribution >= 0.6 is 11.8 Å². The Hall–Kier alpha value is -4.23. The van der Waals surface area contributed by atoms with Crippen molar-refractivity contribution in [3.63, 3.8) is 0 Å². The maximum Gasteiger partial charge on any atom is 0.330 e. The minimum atomic E-state index is -0.499. The van der Waals surface area contributed by atoms with Gasteiger partial charge < -0.3 is 18.9 Å². The number of benzene rings is 4. The van der Waals surface area contributed by atoms with Crippen LogP contribution in [0, 0.1) is 0 Å². The number of carbonyl (C=O) groups is 2. The van der Waals surface area contributed by atoms with Gasteiger partial charge in [-0.05, 0) is 30.3 Å². The van der Waals surface area contributed by atoms with Gasteiger partial charge in [0, 0.05) is 43.5 Å². The van der Waals surface area contributed by atoms with Gasteiger partial charge in [-0.15, -0.1) is 0 Å². The second-order valence-electron chi connectivity index (χ2n) is 7.77. The highest BCUT2D eigenvalue weighted by molar-refractivity contribution is 7.99. The Bertz CT molecular complexity index is 1430. The lowest BCUT2D eigenvalue weighted by Crippen LogP contribution is -2.12. The summed E-state index contributed by atoms with van der Waals surface area (Å²) in [7, 11) is 0. The monoisotopic (exact) mass is 514 g/mol. The minimum absolute atomic E-state index is 0.0893. The van der Waals surface area contributed by atoms with Gasteiger partial charge in [-0.1, -0.05) is 67.4 Å². The maximum atomic E-state index is 11.4. The van der Waals surface area contributed by atoms with E-state index in [9.17, 15) is 9.59 Å². The van der Waals surface area contributed by atoms with E-state index in [2.05, 4.69) is 31.4 Å². The number of fused-ring (bicyclic) bond motifs is 2. The highest BCUT2D eigenvalue weighted by atomic mass is 32.2. The fraction of sp³-hybridized carbons (Fsp3) is 0.133. The summed E-state index contributed by atoms with van der Waals surface area (Å²) in [6.07, 6.45) is 2.24. The zero-order chi connectivity index (χ0) is 26.0. The number of esters is 2. The molecular weight excluding hydrogens is 488 g/mol. The molecule has 0 atom stereocenters. The molecule has 0 N–H and O–H groups in total. The first-order valence-electron chi connectivity index (χ1n) is 11.7. The summed E-state index contributed by atoms with van der Waals surface area (Å²) in [6.45, 7) is 7.36. The van der Waals surface area contributed by atoms with Gasteiger partial charge in [0.1, 0.15) is 37.9 Å². The summed E-state index contributed by atoms with van der Waals surface area (Å²) >= 11 is 1.64. The molecule has 0 spiro atoms. The summed E-state index contributed by atoms with van der Waals surface area (Å²) in [5.74, 6) is 0.339. The molecule has 0 bridgehead atoms. The molecule has 4 rings (SSSR count). The van der Waals surface area contributed by atoms with E-state index < -0.39 is 11.9 Å². The Labute approximate surface area is 219 Å². The van der Waals surface area contributed by atoms with Gasteiger partial charge in [-0.3, -0.25) is 0 Å². The predicted molar refractivity (Wildman–Crippen MR) is 145 cm³/mol. The lowest BCUT2D eigenvalue weighted by molar-refractivity contribution is -0.139. The molecule has 7 heteroatoms. The molecule has 0 amide bonds. The highest BCUT2D eigenvalue weighted by Gasteiger charge is 2.17. The standard InChI is InChI=1S/C30H26O6S/c1-3-27(31)33-16-18-35-29-23-12-8-9-13-24(23)30(36-19-17-34-28(32)4-2)26-20-22(14-15-25(26)29)37-21-10-6-5-7-11-21/h3-15,20H,1-2,16-19H2. The molecule has 188 valence electrons. The highest BCUT2D eigenvalue weighted by Crippen LogP contribution is 2.44. The molecule has 0 saturated carbocycles. The number of rotatable bonds is 12. The molecule has 0 aliphatic carbocycles. The van der Waals surface area contributed by atoms with Crippen LogP contribution in [0.4, 0.5) is 0 Å². The zero-order valence-corrected chi connectivity index (χ0v) is 21.0. The van der Waals surface area contributed by atoms with Crippen molar-refractivity contribution in [2.45, 2.75) is 9.79 Å². The third kappa shape index (κ3) is 6.51. The molecule has 0 fully saturated rings. The van der Waals surface area contributed by atoms with Gasteiger partial charge in [-0.25, -0.2) is 9.59 Å². The smallest absolute Gasteiger partial charge is 0.330 e. The lowest BCUT2D eigenvalue weighted by Gasteiger charge is -2.18. The van der Waals surface area contributed by atoms with Gasteiger partial charge in [0.25, 0.3) is 0 Å². The van der Waals surface area contributed by atoms with Crippen molar-refractivity contribution in [2.24, 2.45) is 0 Å². The Morgan fingerprint density at radius 1 is 0.622 bits per heavy atom. The van der Waals surface area contributed by atoms with Gasteiger partial charge in [-0.2, -0.15) is 0 Å². The first kappa shape index (κ1) is 25.9. The minimum Gasteiger partial charge on any atom is -0.489 e. The Kier molecular flexibility index (Phi) is 8.84. The van der Waals surface area contributed by atoms with E-state index in [1.807, 2.05) is 54.6 Å². The van der Waals surface area contributed by atoms with Crippen LogP contribution in [-0.2, 0) is 19.1 Å². The molecule has 0 heterocycles. The van der Waals surface area contributed by atoms with Crippen molar-refractivity contribution in [1.29, 1.82) is 0 Å². The van der Waals surface area contributed by atoms with Gasteiger partial charge in [0.05, 0.1) is 0 Å². The van der Waals surface area contributed by atoms with Gasteiger partial charge >= 0.3 is 11.9 Å². The quantitative estimate of drug-likeness (QED) is 0.0943. The molecule has 37 heavy (non-hydrogen) atoms. The molecular formula is C30H26O6S. The van der Waals surface area contributed by atoms with Crippen molar-refractivity contribution in [3.8, 4) is 11.5 Å². The molecule has 6 nitrogen and oxygen atoms in total. The second kappa shape index (κ2) is 12.6. The molecule has 0 radical (unpaired) electrons. The molecule has 0 aromatic heterocycles. The summed E-state index contributed by atoms with van der Waals surface area (Å²) in [5.41, 5.74) is 0. The SMILES string of the molecule is C=CC(=O)OCCOc1c2ccccc2c(OCCOC(=O)C=C)c2cc(Sc3ccccc3)ccc12. The second-order valence-corrected chi connectivity index (χ2v) is 8.91. The first-order valence-corrected chi connectivity index (χ1v) is 12.5. The Morgan fingerprint density at radius 3 is 1.70 bits per heavy atom.